The summed E-state index contributed by atoms with van der Waals surface area (Å²) in [5, 5.41) is 0. The van der Waals surface area contributed by atoms with E-state index >= 15 is 0 Å². The summed E-state index contributed by atoms with van der Waals surface area (Å²) in [6.45, 7) is 10.3. The van der Waals surface area contributed by atoms with Crippen LogP contribution in [0.1, 0.15) is 11.1 Å². The number of benzene rings is 2. The molecule has 1 heteroatoms. The topological polar surface area (TPSA) is 3.24 Å². The summed E-state index contributed by atoms with van der Waals surface area (Å²) in [6.07, 6.45) is 6.15. The van der Waals surface area contributed by atoms with Gasteiger partial charge in [-0.3, -0.25) is 4.90 Å². The minimum Gasteiger partial charge on any atom is -0.292 e. The van der Waals surface area contributed by atoms with Gasteiger partial charge in [0.05, 0.1) is 0 Å². The number of nitrogens with zero attached hydrogens (tertiary/aromatic N) is 1. The highest BCUT2D eigenvalue weighted by molar-refractivity contribution is 5.79. The Morgan fingerprint density at radius 1 is 0.727 bits per heavy atom. The van der Waals surface area contributed by atoms with Gasteiger partial charge in [0.25, 0.3) is 0 Å². The van der Waals surface area contributed by atoms with Crippen molar-refractivity contribution in [2.24, 2.45) is 0 Å². The van der Waals surface area contributed by atoms with E-state index in [9.17, 15) is 0 Å². The van der Waals surface area contributed by atoms with Crippen LogP contribution in [0.4, 0.5) is 0 Å². The predicted octanol–water partition coefficient (Wildman–Crippen LogP) is 4.79. The van der Waals surface area contributed by atoms with Crippen molar-refractivity contribution in [3.05, 3.63) is 103 Å². The second-order valence-corrected chi connectivity index (χ2v) is 5.15. The van der Waals surface area contributed by atoms with Gasteiger partial charge in [0.2, 0.25) is 0 Å². The molecule has 0 radical (unpaired) electrons. The zero-order valence-corrected chi connectivity index (χ0v) is 13.0. The summed E-state index contributed by atoms with van der Waals surface area (Å²) < 4.78 is 0. The average molecular weight is 289 g/mol. The van der Waals surface area contributed by atoms with E-state index in [4.69, 9.17) is 0 Å². The summed E-state index contributed by atoms with van der Waals surface area (Å²) in [5.74, 6) is 0. The van der Waals surface area contributed by atoms with E-state index in [2.05, 4.69) is 72.7 Å². The Hall–Kier alpha value is -2.38. The van der Waals surface area contributed by atoms with E-state index in [1.165, 1.54) is 16.7 Å². The van der Waals surface area contributed by atoms with Crippen molar-refractivity contribution in [1.29, 1.82) is 0 Å². The van der Waals surface area contributed by atoms with Gasteiger partial charge in [-0.15, -0.1) is 13.2 Å². The van der Waals surface area contributed by atoms with E-state index in [-0.39, 0.29) is 0 Å². The Morgan fingerprint density at radius 2 is 1.18 bits per heavy atom. The Balaban J connectivity index is 2.30. The van der Waals surface area contributed by atoms with Crippen LogP contribution in [0.15, 0.2) is 92.0 Å². The van der Waals surface area contributed by atoms with Crippen molar-refractivity contribution in [1.82, 2.24) is 4.90 Å². The van der Waals surface area contributed by atoms with Crippen molar-refractivity contribution in [3.8, 4) is 0 Å². The van der Waals surface area contributed by atoms with Crippen molar-refractivity contribution >= 4 is 5.57 Å². The molecule has 0 heterocycles. The lowest BCUT2D eigenvalue weighted by Gasteiger charge is -2.18. The highest BCUT2D eigenvalue weighted by Gasteiger charge is 2.05. The van der Waals surface area contributed by atoms with Crippen molar-refractivity contribution in [2.45, 2.75) is 0 Å². The minimum atomic E-state index is 0.860. The zero-order valence-electron chi connectivity index (χ0n) is 13.0. The van der Waals surface area contributed by atoms with Crippen LogP contribution in [-0.2, 0) is 0 Å². The molecule has 0 spiro atoms. The first kappa shape index (κ1) is 16.0. The molecule has 0 fully saturated rings. The summed E-state index contributed by atoms with van der Waals surface area (Å²) >= 11 is 0. The normalized spacial score (nSPS) is 10.2. The molecule has 112 valence electrons. The van der Waals surface area contributed by atoms with Gasteiger partial charge in [-0.1, -0.05) is 78.9 Å². The molecule has 0 amide bonds. The number of hydrogen-bond acceptors (Lipinski definition) is 1. The molecule has 0 bridgehead atoms. The molecule has 0 aliphatic heterocycles. The second-order valence-electron chi connectivity index (χ2n) is 5.15. The fraction of sp³-hybridized carbons (Fsp3) is 0.143. The first-order chi connectivity index (χ1) is 10.8. The molecule has 0 aliphatic rings. The maximum absolute atomic E-state index is 3.83. The largest absolute Gasteiger partial charge is 0.292 e. The van der Waals surface area contributed by atoms with Crippen molar-refractivity contribution in [3.63, 3.8) is 0 Å². The number of rotatable bonds is 8. The van der Waals surface area contributed by atoms with Gasteiger partial charge in [0, 0.05) is 19.6 Å². The Morgan fingerprint density at radius 3 is 1.59 bits per heavy atom. The highest BCUT2D eigenvalue weighted by atomic mass is 15.1. The molecule has 0 aliphatic carbocycles. The fourth-order valence-corrected chi connectivity index (χ4v) is 2.45. The van der Waals surface area contributed by atoms with E-state index in [0.29, 0.717) is 0 Å². The quantitative estimate of drug-likeness (QED) is 0.631. The third kappa shape index (κ3) is 4.57. The molecular weight excluding hydrogens is 266 g/mol. The summed E-state index contributed by atoms with van der Waals surface area (Å²) in [4.78, 5) is 2.30. The van der Waals surface area contributed by atoms with E-state index in [0.717, 1.165) is 19.6 Å². The van der Waals surface area contributed by atoms with Gasteiger partial charge in [-0.25, -0.2) is 0 Å². The molecule has 0 unspecified atom stereocenters. The van der Waals surface area contributed by atoms with E-state index < -0.39 is 0 Å². The standard InChI is InChI=1S/C21H23N/c1-3-16-22(17-4-2)18-15-21(19-11-7-5-8-12-19)20-13-9-6-10-14-20/h3-15H,1-2,16-18H2. The van der Waals surface area contributed by atoms with Crippen LogP contribution in [-0.4, -0.2) is 24.5 Å². The highest BCUT2D eigenvalue weighted by Crippen LogP contribution is 2.23. The Labute approximate surface area is 133 Å². The van der Waals surface area contributed by atoms with Gasteiger partial charge in [-0.2, -0.15) is 0 Å². The molecule has 22 heavy (non-hydrogen) atoms. The minimum absolute atomic E-state index is 0.860. The summed E-state index contributed by atoms with van der Waals surface area (Å²) in [6, 6.07) is 21.0. The molecular formula is C21H23N. The lowest BCUT2D eigenvalue weighted by atomic mass is 9.97. The molecule has 2 rings (SSSR count). The maximum Gasteiger partial charge on any atom is 0.0179 e. The smallest absolute Gasteiger partial charge is 0.0179 e. The third-order valence-electron chi connectivity index (χ3n) is 3.50. The molecule has 0 aromatic heterocycles. The van der Waals surface area contributed by atoms with Gasteiger partial charge in [0.1, 0.15) is 0 Å². The average Bonchev–Trinajstić information content (AvgIpc) is 2.57. The molecule has 0 saturated heterocycles. The number of hydrogen-bond donors (Lipinski definition) is 0. The summed E-state index contributed by atoms with van der Waals surface area (Å²) in [7, 11) is 0. The first-order valence-corrected chi connectivity index (χ1v) is 7.60. The van der Waals surface area contributed by atoms with Gasteiger partial charge in [0.15, 0.2) is 0 Å². The van der Waals surface area contributed by atoms with E-state index in [1.807, 2.05) is 24.3 Å². The van der Waals surface area contributed by atoms with Crippen LogP contribution >= 0.6 is 0 Å². The van der Waals surface area contributed by atoms with Crippen LogP contribution in [0.25, 0.3) is 5.57 Å². The van der Waals surface area contributed by atoms with Gasteiger partial charge in [-0.05, 0) is 16.7 Å². The molecule has 0 atom stereocenters. The van der Waals surface area contributed by atoms with Crippen LogP contribution in [0.2, 0.25) is 0 Å². The van der Waals surface area contributed by atoms with Crippen LogP contribution in [0.5, 0.6) is 0 Å². The lowest BCUT2D eigenvalue weighted by Crippen LogP contribution is -2.24. The van der Waals surface area contributed by atoms with Crippen molar-refractivity contribution < 1.29 is 0 Å². The second kappa shape index (κ2) is 8.81. The summed E-state index contributed by atoms with van der Waals surface area (Å²) in [5.41, 5.74) is 3.75. The van der Waals surface area contributed by atoms with Crippen LogP contribution < -0.4 is 0 Å². The molecule has 0 N–H and O–H groups in total. The molecule has 1 nitrogen and oxygen atoms in total. The predicted molar refractivity (Wildman–Crippen MR) is 96.8 cm³/mol. The monoisotopic (exact) mass is 289 g/mol. The SMILES string of the molecule is C=CCN(CC=C)CC=C(c1ccccc1)c1ccccc1. The fourth-order valence-electron chi connectivity index (χ4n) is 2.45. The van der Waals surface area contributed by atoms with Gasteiger partial charge < -0.3 is 0 Å². The van der Waals surface area contributed by atoms with Crippen LogP contribution in [0, 0.1) is 0 Å². The zero-order chi connectivity index (χ0) is 15.6. The van der Waals surface area contributed by atoms with E-state index in [1.54, 1.807) is 0 Å². The first-order valence-electron chi connectivity index (χ1n) is 7.60. The molecule has 0 saturated carbocycles. The van der Waals surface area contributed by atoms with Crippen LogP contribution in [0.3, 0.4) is 0 Å². The van der Waals surface area contributed by atoms with Gasteiger partial charge >= 0.3 is 0 Å². The third-order valence-corrected chi connectivity index (χ3v) is 3.50. The Kier molecular flexibility index (Phi) is 6.40. The molecule has 2 aromatic rings. The molecule has 2 aromatic carbocycles. The Bertz CT molecular complexity index is 559. The van der Waals surface area contributed by atoms with Crippen molar-refractivity contribution in [2.75, 3.05) is 19.6 Å². The maximum atomic E-state index is 3.83. The lowest BCUT2D eigenvalue weighted by molar-refractivity contribution is 0.373.